The molecule has 2 aliphatic heterocycles. The van der Waals surface area contributed by atoms with Crippen LogP contribution in [-0.4, -0.2) is 58.7 Å². The van der Waals surface area contributed by atoms with E-state index in [0.717, 1.165) is 23.1 Å². The predicted molar refractivity (Wildman–Crippen MR) is 157 cm³/mol. The van der Waals surface area contributed by atoms with Gasteiger partial charge >= 0.3 is 6.18 Å². The summed E-state index contributed by atoms with van der Waals surface area (Å²) < 4.78 is 41.8. The first-order valence-electron chi connectivity index (χ1n) is 14.0. The number of carbonyl (C=O) groups is 1. The molecule has 0 bridgehead atoms. The Balaban J connectivity index is 1.16. The summed E-state index contributed by atoms with van der Waals surface area (Å²) >= 11 is 0. The van der Waals surface area contributed by atoms with Gasteiger partial charge in [-0.2, -0.15) is 23.5 Å². The van der Waals surface area contributed by atoms with Crippen molar-refractivity contribution in [1.82, 2.24) is 20.1 Å². The van der Waals surface area contributed by atoms with E-state index in [1.54, 1.807) is 46.2 Å². The molecule has 6 rings (SSSR count). The first-order chi connectivity index (χ1) is 21.2. The van der Waals surface area contributed by atoms with Gasteiger partial charge in [0.25, 0.3) is 11.5 Å². The summed E-state index contributed by atoms with van der Waals surface area (Å²) in [6, 6.07) is 19.4. The molecule has 4 aromatic rings. The smallest absolute Gasteiger partial charge is 0.383 e. The third-order valence-corrected chi connectivity index (χ3v) is 7.94. The van der Waals surface area contributed by atoms with Crippen molar-refractivity contribution in [2.24, 2.45) is 0 Å². The summed E-state index contributed by atoms with van der Waals surface area (Å²) in [5, 5.41) is 17.9. The SMILES string of the molecule is N#Cc1ccc(N2CCN(C(=O)c3cccc(NCC4c5ccccc5CN4c4cn[nH]c(=O)c4C(F)(F)F)c3)CC2)nc1. The number of benzene rings is 2. The molecule has 1 amide bonds. The highest BCUT2D eigenvalue weighted by Crippen LogP contribution is 2.42. The third-order valence-electron chi connectivity index (χ3n) is 7.94. The van der Waals surface area contributed by atoms with E-state index < -0.39 is 23.3 Å². The number of nitrogens with zero attached hydrogens (tertiary/aromatic N) is 6. The number of pyridine rings is 1. The van der Waals surface area contributed by atoms with E-state index >= 15 is 0 Å². The molecule has 4 heterocycles. The molecule has 2 aromatic heterocycles. The van der Waals surface area contributed by atoms with Crippen molar-refractivity contribution in [3.63, 3.8) is 0 Å². The monoisotopic (exact) mass is 600 g/mol. The van der Waals surface area contributed by atoms with Crippen LogP contribution in [0.5, 0.6) is 0 Å². The molecule has 44 heavy (non-hydrogen) atoms. The number of piperazine rings is 1. The molecule has 1 atom stereocenters. The molecule has 0 radical (unpaired) electrons. The van der Waals surface area contributed by atoms with E-state index in [4.69, 9.17) is 5.26 Å². The van der Waals surface area contributed by atoms with E-state index in [-0.39, 0.29) is 24.7 Å². The van der Waals surface area contributed by atoms with Crippen molar-refractivity contribution in [3.05, 3.63) is 111 Å². The normalized spacial score (nSPS) is 16.4. The second kappa shape index (κ2) is 11.7. The molecular formula is C31H27F3N8O2. The van der Waals surface area contributed by atoms with Gasteiger partial charge in [0.15, 0.2) is 0 Å². The van der Waals surface area contributed by atoms with Gasteiger partial charge in [-0.15, -0.1) is 0 Å². The summed E-state index contributed by atoms with van der Waals surface area (Å²) in [6.07, 6.45) is -2.29. The topological polar surface area (TPSA) is 121 Å². The average Bonchev–Trinajstić information content (AvgIpc) is 3.41. The molecule has 13 heteroatoms. The number of hydrogen-bond donors (Lipinski definition) is 2. The number of nitrogens with one attached hydrogen (secondary N) is 2. The van der Waals surface area contributed by atoms with Gasteiger partial charge in [0, 0.05) is 56.7 Å². The van der Waals surface area contributed by atoms with Crippen LogP contribution in [0.1, 0.15) is 38.7 Å². The van der Waals surface area contributed by atoms with E-state index in [9.17, 15) is 22.8 Å². The maximum absolute atomic E-state index is 13.9. The summed E-state index contributed by atoms with van der Waals surface area (Å²) in [4.78, 5) is 35.3. The molecular weight excluding hydrogens is 573 g/mol. The Morgan fingerprint density at radius 2 is 1.84 bits per heavy atom. The highest BCUT2D eigenvalue weighted by Gasteiger charge is 2.41. The van der Waals surface area contributed by atoms with Crippen molar-refractivity contribution in [2.45, 2.75) is 18.8 Å². The van der Waals surface area contributed by atoms with Crippen LogP contribution in [0.3, 0.4) is 0 Å². The summed E-state index contributed by atoms with van der Waals surface area (Å²) in [5.41, 5.74) is 0.443. The Bertz CT molecular complexity index is 1780. The third kappa shape index (κ3) is 5.66. The minimum Gasteiger partial charge on any atom is -0.383 e. The quantitative estimate of drug-likeness (QED) is 0.338. The van der Waals surface area contributed by atoms with Gasteiger partial charge in [-0.3, -0.25) is 9.59 Å². The van der Waals surface area contributed by atoms with Crippen molar-refractivity contribution in [3.8, 4) is 6.07 Å². The van der Waals surface area contributed by atoms with Crippen molar-refractivity contribution >= 4 is 23.1 Å². The highest BCUT2D eigenvalue weighted by atomic mass is 19.4. The first kappa shape index (κ1) is 28.7. The van der Waals surface area contributed by atoms with Crippen LogP contribution in [0.2, 0.25) is 0 Å². The molecule has 2 aliphatic rings. The van der Waals surface area contributed by atoms with Gasteiger partial charge < -0.3 is 20.0 Å². The van der Waals surface area contributed by atoms with Crippen molar-refractivity contribution < 1.29 is 18.0 Å². The number of fused-ring (bicyclic) bond motifs is 1. The minimum atomic E-state index is -4.86. The number of carbonyl (C=O) groups excluding carboxylic acids is 1. The highest BCUT2D eigenvalue weighted by molar-refractivity contribution is 5.95. The second-order valence-electron chi connectivity index (χ2n) is 10.6. The van der Waals surface area contributed by atoms with Crippen molar-refractivity contribution in [1.29, 1.82) is 5.26 Å². The van der Waals surface area contributed by atoms with E-state index in [2.05, 4.69) is 26.4 Å². The largest absolute Gasteiger partial charge is 0.423 e. The van der Waals surface area contributed by atoms with Crippen LogP contribution in [0.25, 0.3) is 0 Å². The van der Waals surface area contributed by atoms with Gasteiger partial charge in [-0.1, -0.05) is 30.3 Å². The number of nitriles is 1. The summed E-state index contributed by atoms with van der Waals surface area (Å²) in [5.74, 6) is 0.626. The number of amides is 1. The van der Waals surface area contributed by atoms with Gasteiger partial charge in [0.1, 0.15) is 17.5 Å². The fourth-order valence-electron chi connectivity index (χ4n) is 5.76. The number of aromatic nitrogens is 3. The van der Waals surface area contributed by atoms with Crippen LogP contribution >= 0.6 is 0 Å². The molecule has 2 aromatic carbocycles. The number of aromatic amines is 1. The summed E-state index contributed by atoms with van der Waals surface area (Å²) in [7, 11) is 0. The number of rotatable bonds is 6. The maximum Gasteiger partial charge on any atom is 0.423 e. The second-order valence-corrected chi connectivity index (χ2v) is 10.6. The Morgan fingerprint density at radius 3 is 2.57 bits per heavy atom. The lowest BCUT2D eigenvalue weighted by molar-refractivity contribution is -0.138. The fourth-order valence-corrected chi connectivity index (χ4v) is 5.76. The number of alkyl halides is 3. The number of hydrogen-bond acceptors (Lipinski definition) is 8. The molecule has 224 valence electrons. The molecule has 0 saturated carbocycles. The lowest BCUT2D eigenvalue weighted by Gasteiger charge is -2.35. The molecule has 10 nitrogen and oxygen atoms in total. The fraction of sp³-hybridized carbons (Fsp3) is 0.258. The molecule has 1 saturated heterocycles. The van der Waals surface area contributed by atoms with Crippen LogP contribution < -0.4 is 20.7 Å². The lowest BCUT2D eigenvalue weighted by atomic mass is 10.0. The Labute approximate surface area is 250 Å². The van der Waals surface area contributed by atoms with Gasteiger partial charge in [-0.05, 0) is 41.5 Å². The van der Waals surface area contributed by atoms with Crippen molar-refractivity contribution in [2.75, 3.05) is 47.8 Å². The van der Waals surface area contributed by atoms with E-state index in [1.807, 2.05) is 29.4 Å². The standard InChI is InChI=1S/C31H27F3N8O2/c32-31(33,34)28-26(18-38-39-29(28)43)42-19-22-4-1-2-7-24(22)25(42)17-36-23-6-3-5-21(14-23)30(44)41-12-10-40(11-13-41)27-9-8-20(15-35)16-37-27/h1-9,14,16,18,25,36H,10-13,17,19H2,(H,39,43). The average molecular weight is 601 g/mol. The van der Waals surface area contributed by atoms with Gasteiger partial charge in [0.05, 0.1) is 23.5 Å². The molecule has 2 N–H and O–H groups in total. The molecule has 0 aliphatic carbocycles. The molecule has 1 fully saturated rings. The maximum atomic E-state index is 13.9. The molecule has 0 spiro atoms. The summed E-state index contributed by atoms with van der Waals surface area (Å²) in [6.45, 7) is 2.58. The zero-order chi connectivity index (χ0) is 30.8. The number of anilines is 3. The predicted octanol–water partition coefficient (Wildman–Crippen LogP) is 4.19. The van der Waals surface area contributed by atoms with Crippen LogP contribution in [0.4, 0.5) is 30.4 Å². The number of H-pyrrole nitrogens is 1. The minimum absolute atomic E-state index is 0.127. The first-order valence-corrected chi connectivity index (χ1v) is 14.0. The zero-order valence-electron chi connectivity index (χ0n) is 23.4. The number of halogens is 3. The van der Waals surface area contributed by atoms with E-state index in [0.29, 0.717) is 43.0 Å². The Hall–Kier alpha value is -5.38. The zero-order valence-corrected chi connectivity index (χ0v) is 23.4. The Morgan fingerprint density at radius 1 is 1.05 bits per heavy atom. The van der Waals surface area contributed by atoms with Gasteiger partial charge in [0.2, 0.25) is 0 Å². The van der Waals surface area contributed by atoms with Crippen LogP contribution in [0.15, 0.2) is 77.9 Å². The molecule has 1 unspecified atom stereocenters. The Kier molecular flexibility index (Phi) is 7.65. The lowest BCUT2D eigenvalue weighted by Crippen LogP contribution is -2.49. The van der Waals surface area contributed by atoms with Crippen LogP contribution in [0, 0.1) is 11.3 Å². The van der Waals surface area contributed by atoms with Gasteiger partial charge in [-0.25, -0.2) is 10.1 Å². The van der Waals surface area contributed by atoms with Crippen LogP contribution in [-0.2, 0) is 12.7 Å². The van der Waals surface area contributed by atoms with E-state index in [1.165, 1.54) is 6.20 Å².